The molecule has 1 aliphatic heterocycles. The molecule has 0 radical (unpaired) electrons. The predicted molar refractivity (Wildman–Crippen MR) is 95.2 cm³/mol. The highest BCUT2D eigenvalue weighted by Crippen LogP contribution is 2.35. The van der Waals surface area contributed by atoms with Crippen molar-refractivity contribution in [3.8, 4) is 11.5 Å². The summed E-state index contributed by atoms with van der Waals surface area (Å²) in [6.07, 6.45) is -4.71. The Balaban J connectivity index is 1.93. The number of nitrogens with one attached hydrogen (secondary N) is 1. The molecular formula is C18H18BrF3N2O2. The van der Waals surface area contributed by atoms with Crippen LogP contribution in [-0.2, 0) is 0 Å². The molecule has 1 aliphatic rings. The standard InChI is InChI=1S/C18H18BrF3N2O2/c19-15-11-13(3-6-16(15)25)17(24-9-7-23-8-10-24)12-1-4-14(5-2-12)26-18(20,21)22/h1-6,11,17,23,25H,7-10H2/t17-/m1/s1. The fourth-order valence-electron chi connectivity index (χ4n) is 3.10. The molecule has 0 spiro atoms. The van der Waals surface area contributed by atoms with E-state index in [9.17, 15) is 18.3 Å². The molecule has 2 N–H and O–H groups in total. The van der Waals surface area contributed by atoms with Gasteiger partial charge in [0.25, 0.3) is 0 Å². The minimum atomic E-state index is -4.71. The second kappa shape index (κ2) is 7.85. The zero-order valence-electron chi connectivity index (χ0n) is 13.8. The minimum Gasteiger partial charge on any atom is -0.507 e. The molecule has 1 heterocycles. The molecule has 0 bridgehead atoms. The van der Waals surface area contributed by atoms with Gasteiger partial charge in [0.1, 0.15) is 11.5 Å². The molecular weight excluding hydrogens is 413 g/mol. The fraction of sp³-hybridized carbons (Fsp3) is 0.333. The van der Waals surface area contributed by atoms with Crippen molar-refractivity contribution >= 4 is 15.9 Å². The van der Waals surface area contributed by atoms with Crippen LogP contribution in [0.5, 0.6) is 11.5 Å². The molecule has 0 aliphatic carbocycles. The van der Waals surface area contributed by atoms with Gasteiger partial charge in [-0.15, -0.1) is 13.2 Å². The van der Waals surface area contributed by atoms with Gasteiger partial charge in [0, 0.05) is 26.2 Å². The summed E-state index contributed by atoms with van der Waals surface area (Å²) in [5.41, 5.74) is 1.81. The van der Waals surface area contributed by atoms with Gasteiger partial charge in [-0.2, -0.15) is 0 Å². The van der Waals surface area contributed by atoms with E-state index < -0.39 is 6.36 Å². The normalized spacial score (nSPS) is 17.1. The van der Waals surface area contributed by atoms with Gasteiger partial charge in [-0.25, -0.2) is 0 Å². The molecule has 1 saturated heterocycles. The Morgan fingerprint density at radius 1 is 1.04 bits per heavy atom. The molecule has 0 amide bonds. The van der Waals surface area contributed by atoms with Crippen molar-refractivity contribution in [1.82, 2.24) is 10.2 Å². The van der Waals surface area contributed by atoms with Crippen molar-refractivity contribution < 1.29 is 23.0 Å². The Hall–Kier alpha value is -1.77. The average molecular weight is 431 g/mol. The first-order valence-corrected chi connectivity index (χ1v) is 8.92. The molecule has 4 nitrogen and oxygen atoms in total. The molecule has 1 atom stereocenters. The summed E-state index contributed by atoms with van der Waals surface area (Å²) in [6, 6.07) is 11.1. The van der Waals surface area contributed by atoms with E-state index in [4.69, 9.17) is 0 Å². The van der Waals surface area contributed by atoms with Crippen molar-refractivity contribution in [3.63, 3.8) is 0 Å². The molecule has 26 heavy (non-hydrogen) atoms. The van der Waals surface area contributed by atoms with Crippen LogP contribution in [0, 0.1) is 0 Å². The third kappa shape index (κ3) is 4.69. The Bertz CT molecular complexity index is 747. The maximum Gasteiger partial charge on any atom is 0.573 e. The number of phenols is 1. The average Bonchev–Trinajstić information content (AvgIpc) is 2.59. The Labute approximate surface area is 157 Å². The Morgan fingerprint density at radius 2 is 1.65 bits per heavy atom. The summed E-state index contributed by atoms with van der Waals surface area (Å²) in [7, 11) is 0. The van der Waals surface area contributed by atoms with E-state index in [0.29, 0.717) is 4.47 Å². The first-order chi connectivity index (χ1) is 12.3. The second-order valence-corrected chi connectivity index (χ2v) is 6.87. The molecule has 140 valence electrons. The maximum absolute atomic E-state index is 12.4. The van der Waals surface area contributed by atoms with Crippen molar-refractivity contribution in [3.05, 3.63) is 58.1 Å². The molecule has 0 saturated carbocycles. The largest absolute Gasteiger partial charge is 0.573 e. The summed E-state index contributed by atoms with van der Waals surface area (Å²) in [5, 5.41) is 13.0. The molecule has 2 aromatic rings. The van der Waals surface area contributed by atoms with Crippen LogP contribution in [0.2, 0.25) is 0 Å². The topological polar surface area (TPSA) is 44.7 Å². The SMILES string of the molecule is Oc1ccc([C@@H](c2ccc(OC(F)(F)F)cc2)N2CCNCC2)cc1Br. The monoisotopic (exact) mass is 430 g/mol. The number of phenolic OH excluding ortho intramolecular Hbond substituents is 1. The van der Waals surface area contributed by atoms with E-state index in [-0.39, 0.29) is 17.5 Å². The highest BCUT2D eigenvalue weighted by atomic mass is 79.9. The summed E-state index contributed by atoms with van der Waals surface area (Å²) < 4.78 is 41.7. The number of alkyl halides is 3. The first-order valence-electron chi connectivity index (χ1n) is 8.12. The van der Waals surface area contributed by atoms with E-state index in [1.807, 2.05) is 12.1 Å². The third-order valence-corrected chi connectivity index (χ3v) is 4.87. The van der Waals surface area contributed by atoms with Crippen LogP contribution < -0.4 is 10.1 Å². The van der Waals surface area contributed by atoms with Crippen molar-refractivity contribution in [2.45, 2.75) is 12.4 Å². The van der Waals surface area contributed by atoms with Crippen molar-refractivity contribution in [2.75, 3.05) is 26.2 Å². The molecule has 1 fully saturated rings. The van der Waals surface area contributed by atoms with Crippen LogP contribution in [-0.4, -0.2) is 42.5 Å². The summed E-state index contributed by atoms with van der Waals surface area (Å²) in [5.74, 6) is -0.103. The van der Waals surface area contributed by atoms with Gasteiger partial charge in [0.15, 0.2) is 0 Å². The van der Waals surface area contributed by atoms with E-state index in [1.165, 1.54) is 12.1 Å². The lowest BCUT2D eigenvalue weighted by Crippen LogP contribution is -2.45. The van der Waals surface area contributed by atoms with E-state index in [1.54, 1.807) is 18.2 Å². The number of hydrogen-bond acceptors (Lipinski definition) is 4. The third-order valence-electron chi connectivity index (χ3n) is 4.23. The second-order valence-electron chi connectivity index (χ2n) is 6.02. The number of piperazine rings is 1. The summed E-state index contributed by atoms with van der Waals surface area (Å²) >= 11 is 3.33. The minimum absolute atomic E-state index is 0.131. The van der Waals surface area contributed by atoms with Gasteiger partial charge in [-0.05, 0) is 51.3 Å². The Kier molecular flexibility index (Phi) is 5.74. The quantitative estimate of drug-likeness (QED) is 0.767. The number of ether oxygens (including phenoxy) is 1. The predicted octanol–water partition coefficient (Wildman–Crippen LogP) is 4.05. The number of aromatic hydroxyl groups is 1. The lowest BCUT2D eigenvalue weighted by Gasteiger charge is -2.35. The Morgan fingerprint density at radius 3 is 2.23 bits per heavy atom. The smallest absolute Gasteiger partial charge is 0.507 e. The van der Waals surface area contributed by atoms with Crippen LogP contribution in [0.3, 0.4) is 0 Å². The fourth-order valence-corrected chi connectivity index (χ4v) is 3.50. The molecule has 3 rings (SSSR count). The lowest BCUT2D eigenvalue weighted by molar-refractivity contribution is -0.274. The summed E-state index contributed by atoms with van der Waals surface area (Å²) in [4.78, 5) is 2.26. The van der Waals surface area contributed by atoms with Crippen LogP contribution in [0.1, 0.15) is 17.2 Å². The molecule has 0 unspecified atom stereocenters. The highest BCUT2D eigenvalue weighted by molar-refractivity contribution is 9.10. The van der Waals surface area contributed by atoms with Crippen LogP contribution in [0.25, 0.3) is 0 Å². The highest BCUT2D eigenvalue weighted by Gasteiger charge is 2.31. The number of halogens is 4. The van der Waals surface area contributed by atoms with Crippen LogP contribution in [0.4, 0.5) is 13.2 Å². The number of benzene rings is 2. The molecule has 8 heteroatoms. The van der Waals surface area contributed by atoms with Crippen molar-refractivity contribution in [1.29, 1.82) is 0 Å². The number of rotatable bonds is 4. The van der Waals surface area contributed by atoms with Crippen LogP contribution >= 0.6 is 15.9 Å². The van der Waals surface area contributed by atoms with Gasteiger partial charge >= 0.3 is 6.36 Å². The van der Waals surface area contributed by atoms with E-state index >= 15 is 0 Å². The van der Waals surface area contributed by atoms with Gasteiger partial charge in [-0.1, -0.05) is 18.2 Å². The van der Waals surface area contributed by atoms with Gasteiger partial charge < -0.3 is 15.2 Å². The van der Waals surface area contributed by atoms with Gasteiger partial charge in [0.05, 0.1) is 10.5 Å². The number of nitrogens with zero attached hydrogens (tertiary/aromatic N) is 1. The van der Waals surface area contributed by atoms with Crippen LogP contribution in [0.15, 0.2) is 46.9 Å². The lowest BCUT2D eigenvalue weighted by atomic mass is 9.96. The van der Waals surface area contributed by atoms with Gasteiger partial charge in [0.2, 0.25) is 0 Å². The molecule has 0 aromatic heterocycles. The molecule has 2 aromatic carbocycles. The number of hydrogen-bond donors (Lipinski definition) is 2. The zero-order valence-corrected chi connectivity index (χ0v) is 15.3. The zero-order chi connectivity index (χ0) is 18.7. The van der Waals surface area contributed by atoms with E-state index in [0.717, 1.165) is 37.3 Å². The van der Waals surface area contributed by atoms with E-state index in [2.05, 4.69) is 30.9 Å². The summed E-state index contributed by atoms with van der Waals surface area (Å²) in [6.45, 7) is 3.30. The first kappa shape index (κ1) is 19.0. The van der Waals surface area contributed by atoms with Crippen molar-refractivity contribution in [2.24, 2.45) is 0 Å². The van der Waals surface area contributed by atoms with Gasteiger partial charge in [-0.3, -0.25) is 4.90 Å². The maximum atomic E-state index is 12.4.